The summed E-state index contributed by atoms with van der Waals surface area (Å²) in [5.74, 6) is 1.31. The molecule has 2 aliphatic rings. The van der Waals surface area contributed by atoms with Gasteiger partial charge in [-0.2, -0.15) is 0 Å². The molecule has 2 saturated heterocycles. The molecule has 4 heterocycles. The van der Waals surface area contributed by atoms with Crippen molar-refractivity contribution >= 4 is 29.1 Å². The van der Waals surface area contributed by atoms with Crippen LogP contribution in [0.5, 0.6) is 11.8 Å². The van der Waals surface area contributed by atoms with Crippen molar-refractivity contribution in [3.05, 3.63) is 70.2 Å². The molecule has 0 spiro atoms. The molecule has 6 rings (SSSR count). The van der Waals surface area contributed by atoms with Crippen molar-refractivity contribution < 1.29 is 19.4 Å². The van der Waals surface area contributed by atoms with Crippen LogP contribution in [0.1, 0.15) is 43.5 Å². The summed E-state index contributed by atoms with van der Waals surface area (Å²) in [6, 6.07) is 11.7. The van der Waals surface area contributed by atoms with E-state index in [1.54, 1.807) is 26.6 Å². The van der Waals surface area contributed by atoms with Gasteiger partial charge in [0.2, 0.25) is 17.7 Å². The fourth-order valence-electron chi connectivity index (χ4n) is 6.36. The Morgan fingerprint density at radius 3 is 2.04 bits per heavy atom. The van der Waals surface area contributed by atoms with Gasteiger partial charge in [0.25, 0.3) is 0 Å². The van der Waals surface area contributed by atoms with Crippen LogP contribution >= 0.6 is 23.2 Å². The van der Waals surface area contributed by atoms with Gasteiger partial charge in [-0.25, -0.2) is 9.97 Å². The van der Waals surface area contributed by atoms with Crippen LogP contribution in [-0.2, 0) is 17.8 Å². The van der Waals surface area contributed by atoms with Crippen LogP contribution in [0.25, 0.3) is 33.6 Å². The number of ether oxygens (including phenoxy) is 2. The van der Waals surface area contributed by atoms with E-state index in [2.05, 4.69) is 15.2 Å². The summed E-state index contributed by atoms with van der Waals surface area (Å²) in [7, 11) is 3.17. The minimum absolute atomic E-state index is 0.123. The molecule has 1 amide bonds. The van der Waals surface area contributed by atoms with E-state index >= 15 is 0 Å². The van der Waals surface area contributed by atoms with E-state index in [9.17, 15) is 9.90 Å². The molecule has 2 fully saturated rings. The van der Waals surface area contributed by atoms with Crippen LogP contribution in [-0.4, -0.2) is 75.8 Å². The molecule has 0 unspecified atom stereocenters. The van der Waals surface area contributed by atoms with E-state index < -0.39 is 0 Å². The number of benzene rings is 2. The van der Waals surface area contributed by atoms with E-state index in [1.807, 2.05) is 36.4 Å². The summed E-state index contributed by atoms with van der Waals surface area (Å²) in [4.78, 5) is 32.7. The number of hydrogen-bond donors (Lipinski definition) is 2. The third kappa shape index (κ3) is 7.36. The normalized spacial score (nSPS) is 18.0. The van der Waals surface area contributed by atoms with Gasteiger partial charge in [-0.3, -0.25) is 19.7 Å². The van der Waals surface area contributed by atoms with Crippen molar-refractivity contribution in [1.29, 1.82) is 0 Å². The van der Waals surface area contributed by atoms with Crippen LogP contribution < -0.4 is 14.8 Å². The van der Waals surface area contributed by atoms with Crippen LogP contribution in [0, 0.1) is 5.92 Å². The van der Waals surface area contributed by atoms with Crippen LogP contribution in [0.15, 0.2) is 48.8 Å². The van der Waals surface area contributed by atoms with E-state index in [-0.39, 0.29) is 24.5 Å². The number of nitrogens with one attached hydrogen (secondary N) is 1. The lowest BCUT2D eigenvalue weighted by Crippen LogP contribution is -2.25. The number of aliphatic hydroxyl groups is 1. The van der Waals surface area contributed by atoms with Gasteiger partial charge in [-0.05, 0) is 44.6 Å². The lowest BCUT2D eigenvalue weighted by molar-refractivity contribution is -0.119. The average molecular weight is 678 g/mol. The standard InChI is InChI=1S/C35H38Cl2N6O4/c1-46-34-27(11-3-6-22-12-13-31(45)40-22)38-16-28(41-34)25-9-4-7-23(32(25)36)24-8-5-10-26(33(24)37)29-17-39-30(35(42-29)47-2)19-43-15-14-21(18-43)20-44/h4-5,7-10,16-17,21-22,44H,3,6,11-15,18-20H2,1-2H3,(H,40,45)/t21-,22-/m1/s1. The first-order chi connectivity index (χ1) is 22.9. The van der Waals surface area contributed by atoms with Gasteiger partial charge in [0.05, 0.1) is 48.0 Å². The number of nitrogens with zero attached hydrogens (tertiary/aromatic N) is 5. The molecule has 10 nitrogen and oxygen atoms in total. The molecule has 0 aliphatic carbocycles. The Labute approximate surface area is 284 Å². The summed E-state index contributed by atoms with van der Waals surface area (Å²) in [6.07, 6.45) is 8.31. The number of aliphatic hydroxyl groups excluding tert-OH is 1. The molecule has 2 N–H and O–H groups in total. The maximum Gasteiger partial charge on any atom is 0.237 e. The van der Waals surface area contributed by atoms with Gasteiger partial charge in [-0.1, -0.05) is 59.6 Å². The summed E-state index contributed by atoms with van der Waals surface area (Å²) in [5.41, 5.74) is 5.55. The number of aromatic nitrogens is 4. The SMILES string of the molecule is COc1nc(-c2cccc(-c3cccc(-c4cnc(CN5CC[C@@H](CO)C5)c(OC)n4)c3Cl)c2Cl)cnc1CCC[C@@H]1CCC(=O)N1. The second-order valence-corrected chi connectivity index (χ2v) is 12.8. The summed E-state index contributed by atoms with van der Waals surface area (Å²) in [6.45, 7) is 2.51. The van der Waals surface area contributed by atoms with E-state index in [0.29, 0.717) is 63.7 Å². The monoisotopic (exact) mass is 676 g/mol. The van der Waals surface area contributed by atoms with Crippen molar-refractivity contribution in [1.82, 2.24) is 30.2 Å². The predicted molar refractivity (Wildman–Crippen MR) is 182 cm³/mol. The first-order valence-electron chi connectivity index (χ1n) is 15.9. The van der Waals surface area contributed by atoms with Gasteiger partial charge < -0.3 is 19.9 Å². The van der Waals surface area contributed by atoms with Crippen LogP contribution in [0.4, 0.5) is 0 Å². The molecule has 246 valence electrons. The Balaban J connectivity index is 1.23. The summed E-state index contributed by atoms with van der Waals surface area (Å²) in [5, 5.41) is 13.5. The van der Waals surface area contributed by atoms with Crippen molar-refractivity contribution in [2.75, 3.05) is 33.9 Å². The molecule has 2 aromatic carbocycles. The van der Waals surface area contributed by atoms with Crippen molar-refractivity contribution in [3.8, 4) is 45.4 Å². The average Bonchev–Trinajstić information content (AvgIpc) is 3.73. The number of carbonyl (C=O) groups is 1. The third-order valence-electron chi connectivity index (χ3n) is 8.90. The largest absolute Gasteiger partial charge is 0.480 e. The van der Waals surface area contributed by atoms with Gasteiger partial charge >= 0.3 is 0 Å². The number of amides is 1. The number of likely N-dealkylation sites (tertiary alicyclic amines) is 1. The lowest BCUT2D eigenvalue weighted by atomic mass is 9.98. The highest BCUT2D eigenvalue weighted by Crippen LogP contribution is 2.42. The molecule has 2 aromatic heterocycles. The minimum atomic E-state index is 0.123. The van der Waals surface area contributed by atoms with E-state index in [4.69, 9.17) is 47.6 Å². The zero-order valence-corrected chi connectivity index (χ0v) is 28.0. The molecule has 2 atom stereocenters. The Kier molecular flexibility index (Phi) is 10.5. The zero-order chi connectivity index (χ0) is 32.9. The second kappa shape index (κ2) is 14.9. The van der Waals surface area contributed by atoms with Crippen LogP contribution in [0.2, 0.25) is 10.0 Å². The Bertz CT molecular complexity index is 1760. The highest BCUT2D eigenvalue weighted by Gasteiger charge is 2.25. The highest BCUT2D eigenvalue weighted by molar-refractivity contribution is 6.39. The number of halogens is 2. The van der Waals surface area contributed by atoms with Gasteiger partial charge in [0, 0.05) is 54.4 Å². The van der Waals surface area contributed by atoms with E-state index in [0.717, 1.165) is 61.3 Å². The summed E-state index contributed by atoms with van der Waals surface area (Å²) < 4.78 is 11.2. The Morgan fingerprint density at radius 1 is 0.894 bits per heavy atom. The highest BCUT2D eigenvalue weighted by atomic mass is 35.5. The fourth-order valence-corrected chi connectivity index (χ4v) is 7.01. The maximum absolute atomic E-state index is 11.5. The van der Waals surface area contributed by atoms with Gasteiger partial charge in [0.1, 0.15) is 11.4 Å². The molecule has 0 bridgehead atoms. The number of carbonyl (C=O) groups excluding carboxylic acids is 1. The smallest absolute Gasteiger partial charge is 0.237 e. The number of rotatable bonds is 12. The van der Waals surface area contributed by atoms with Gasteiger partial charge in [0.15, 0.2) is 0 Å². The first-order valence-corrected chi connectivity index (χ1v) is 16.6. The first kappa shape index (κ1) is 33.1. The molecule has 4 aromatic rings. The molecular weight excluding hydrogens is 639 g/mol. The topological polar surface area (TPSA) is 123 Å². The zero-order valence-electron chi connectivity index (χ0n) is 26.5. The molecule has 12 heteroatoms. The third-order valence-corrected chi connectivity index (χ3v) is 9.72. The van der Waals surface area contributed by atoms with Crippen molar-refractivity contribution in [2.24, 2.45) is 5.92 Å². The molecule has 0 radical (unpaired) electrons. The van der Waals surface area contributed by atoms with Crippen molar-refractivity contribution in [3.63, 3.8) is 0 Å². The Morgan fingerprint density at radius 2 is 1.49 bits per heavy atom. The van der Waals surface area contributed by atoms with E-state index in [1.165, 1.54) is 0 Å². The number of methoxy groups -OCH3 is 2. The predicted octanol–water partition coefficient (Wildman–Crippen LogP) is 6.01. The summed E-state index contributed by atoms with van der Waals surface area (Å²) >= 11 is 14.1. The molecule has 47 heavy (non-hydrogen) atoms. The minimum Gasteiger partial charge on any atom is -0.480 e. The molecular formula is C35H38Cl2N6O4. The number of aryl methyl sites for hydroxylation is 1. The van der Waals surface area contributed by atoms with Crippen molar-refractivity contribution in [2.45, 2.75) is 51.1 Å². The molecule has 0 saturated carbocycles. The fraction of sp³-hybridized carbons (Fsp3) is 0.400. The number of hydrogen-bond acceptors (Lipinski definition) is 9. The quantitative estimate of drug-likeness (QED) is 0.186. The second-order valence-electron chi connectivity index (χ2n) is 12.0. The molecule has 2 aliphatic heterocycles. The lowest BCUT2D eigenvalue weighted by Gasteiger charge is -2.17. The van der Waals surface area contributed by atoms with Crippen LogP contribution in [0.3, 0.4) is 0 Å². The van der Waals surface area contributed by atoms with Gasteiger partial charge in [-0.15, -0.1) is 0 Å². The Hall–Kier alpha value is -3.83. The maximum atomic E-state index is 11.5.